The van der Waals surface area contributed by atoms with Gasteiger partial charge in [0.05, 0.1) is 27.4 Å². The van der Waals surface area contributed by atoms with Crippen LogP contribution in [0.1, 0.15) is 51.6 Å². The summed E-state index contributed by atoms with van der Waals surface area (Å²) < 4.78 is 5.64. The van der Waals surface area contributed by atoms with Gasteiger partial charge in [0.25, 0.3) is 0 Å². The van der Waals surface area contributed by atoms with Gasteiger partial charge in [0.15, 0.2) is 0 Å². The first-order valence-corrected chi connectivity index (χ1v) is 13.8. The van der Waals surface area contributed by atoms with E-state index in [1.807, 2.05) is 48.6 Å². The summed E-state index contributed by atoms with van der Waals surface area (Å²) in [6.07, 6.45) is 6.44. The Labute approximate surface area is 218 Å². The van der Waals surface area contributed by atoms with E-state index in [4.69, 9.17) is 26.4 Å². The van der Waals surface area contributed by atoms with Crippen molar-refractivity contribution >= 4 is 65.2 Å². The van der Waals surface area contributed by atoms with Crippen LogP contribution in [0.2, 0.25) is 0 Å². The largest absolute Gasteiger partial charge is 0.481 e. The molecule has 35 heavy (non-hydrogen) atoms. The molecule has 0 saturated carbocycles. The summed E-state index contributed by atoms with van der Waals surface area (Å²) in [7, 11) is 3.50. The van der Waals surface area contributed by atoms with E-state index >= 15 is 0 Å². The number of thioether (sulfide) groups is 2. The first-order chi connectivity index (χ1) is 16.8. The Morgan fingerprint density at radius 1 is 1.14 bits per heavy atom. The number of fused-ring (bicyclic) bond motifs is 3. The fraction of sp³-hybridized carbons (Fsp3) is 0.346. The highest BCUT2D eigenvalue weighted by molar-refractivity contribution is 8.16. The second-order valence-corrected chi connectivity index (χ2v) is 11.6. The lowest BCUT2D eigenvalue weighted by Gasteiger charge is -2.18. The molecule has 1 fully saturated rings. The van der Waals surface area contributed by atoms with Gasteiger partial charge in [-0.1, -0.05) is 41.9 Å². The van der Waals surface area contributed by atoms with Crippen molar-refractivity contribution in [2.75, 3.05) is 25.6 Å². The number of epoxide rings is 1. The molecule has 2 aliphatic rings. The first kappa shape index (κ1) is 25.8. The van der Waals surface area contributed by atoms with Gasteiger partial charge < -0.3 is 14.7 Å². The van der Waals surface area contributed by atoms with E-state index in [0.717, 1.165) is 28.1 Å². The van der Waals surface area contributed by atoms with Crippen LogP contribution >= 0.6 is 35.1 Å². The number of amides is 1. The molecule has 1 saturated heterocycles. The lowest BCUT2D eigenvalue weighted by Crippen LogP contribution is -2.21. The van der Waals surface area contributed by atoms with Crippen LogP contribution in [0.4, 0.5) is 0 Å². The fourth-order valence-electron chi connectivity index (χ4n) is 3.68. The lowest BCUT2D eigenvalue weighted by atomic mass is 10.0. The van der Waals surface area contributed by atoms with Crippen LogP contribution in [0.3, 0.4) is 0 Å². The zero-order chi connectivity index (χ0) is 24.9. The molecule has 1 aliphatic heterocycles. The Kier molecular flexibility index (Phi) is 8.59. The van der Waals surface area contributed by atoms with Gasteiger partial charge in [-0.25, -0.2) is 4.98 Å². The minimum atomic E-state index is -0.807. The van der Waals surface area contributed by atoms with E-state index in [9.17, 15) is 9.59 Å². The fourth-order valence-corrected chi connectivity index (χ4v) is 6.61. The van der Waals surface area contributed by atoms with E-state index in [1.54, 1.807) is 42.5 Å². The van der Waals surface area contributed by atoms with Crippen molar-refractivity contribution in [3.63, 3.8) is 0 Å². The highest BCUT2D eigenvalue weighted by Crippen LogP contribution is 2.49. The van der Waals surface area contributed by atoms with Gasteiger partial charge in [-0.15, -0.1) is 23.5 Å². The SMILES string of the molecule is CN(C)C(=O)CCS[C@H](SCCC(=O)O)c1cccc(/C=C/c2ccc3c(n2)C=C(Cl)C2OC32)c1. The zero-order valence-corrected chi connectivity index (χ0v) is 21.9. The number of aromatic nitrogens is 1. The molecular formula is C26H27ClN2O4S2. The number of carboxylic acids is 1. The third kappa shape index (κ3) is 6.91. The minimum Gasteiger partial charge on any atom is -0.481 e. The Morgan fingerprint density at radius 2 is 1.91 bits per heavy atom. The molecule has 1 aliphatic carbocycles. The molecule has 0 bridgehead atoms. The third-order valence-corrected chi connectivity index (χ3v) is 8.79. The number of rotatable bonds is 11. The van der Waals surface area contributed by atoms with Gasteiger partial charge in [0.1, 0.15) is 12.2 Å². The second-order valence-electron chi connectivity index (χ2n) is 8.48. The molecule has 4 rings (SSSR count). The van der Waals surface area contributed by atoms with Crippen LogP contribution < -0.4 is 0 Å². The Hall–Kier alpha value is -2.26. The number of aliphatic carboxylic acids is 1. The molecule has 0 radical (unpaired) electrons. The average Bonchev–Trinajstić information content (AvgIpc) is 3.63. The molecular weight excluding hydrogens is 504 g/mol. The Balaban J connectivity index is 1.45. The number of ether oxygens (including phenoxy) is 1. The standard InChI is InChI=1S/C26H27ClN2O4S2/c1-29(2)22(30)10-12-34-26(35-13-11-23(31)32)17-5-3-4-16(14-17)6-7-18-8-9-19-21(28-18)15-20(27)25-24(19)33-25/h3-9,14-15,24-26H,10-13H2,1-2H3,(H,31,32)/b7-6+/t24?,25?,26-/m1/s1. The highest BCUT2D eigenvalue weighted by atomic mass is 35.5. The minimum absolute atomic E-state index is 0.00437. The average molecular weight is 531 g/mol. The van der Waals surface area contributed by atoms with Gasteiger partial charge in [-0.05, 0) is 35.4 Å². The van der Waals surface area contributed by atoms with E-state index < -0.39 is 5.97 Å². The molecule has 2 heterocycles. The maximum atomic E-state index is 12.0. The van der Waals surface area contributed by atoms with E-state index in [2.05, 4.69) is 6.07 Å². The molecule has 6 nitrogen and oxygen atoms in total. The molecule has 3 atom stereocenters. The molecule has 2 unspecified atom stereocenters. The van der Waals surface area contributed by atoms with Gasteiger partial charge in [0.2, 0.25) is 5.91 Å². The zero-order valence-electron chi connectivity index (χ0n) is 19.5. The van der Waals surface area contributed by atoms with Gasteiger partial charge in [-0.3, -0.25) is 9.59 Å². The summed E-state index contributed by atoms with van der Waals surface area (Å²) in [4.78, 5) is 29.3. The van der Waals surface area contributed by atoms with Crippen molar-refractivity contribution < 1.29 is 19.4 Å². The predicted octanol–water partition coefficient (Wildman–Crippen LogP) is 5.70. The van der Waals surface area contributed by atoms with Crippen molar-refractivity contribution in [1.29, 1.82) is 0 Å². The summed E-state index contributed by atoms with van der Waals surface area (Å²) in [6, 6.07) is 12.2. The third-order valence-electron chi connectivity index (χ3n) is 5.62. The molecule has 1 aromatic carbocycles. The normalized spacial score (nSPS) is 19.0. The molecule has 1 amide bonds. The number of hydrogen-bond donors (Lipinski definition) is 1. The van der Waals surface area contributed by atoms with Gasteiger partial charge in [-0.2, -0.15) is 0 Å². The molecule has 9 heteroatoms. The van der Waals surface area contributed by atoms with Crippen LogP contribution in [0, 0.1) is 0 Å². The van der Waals surface area contributed by atoms with E-state index in [0.29, 0.717) is 23.0 Å². The monoisotopic (exact) mass is 530 g/mol. The molecule has 1 N–H and O–H groups in total. The molecule has 2 aromatic rings. The van der Waals surface area contributed by atoms with E-state index in [-0.39, 0.29) is 29.1 Å². The lowest BCUT2D eigenvalue weighted by molar-refractivity contribution is -0.136. The number of carbonyl (C=O) groups is 2. The quantitative estimate of drug-likeness (QED) is 0.294. The number of carbonyl (C=O) groups excluding carboxylic acids is 1. The smallest absolute Gasteiger partial charge is 0.304 e. The molecule has 0 spiro atoms. The van der Waals surface area contributed by atoms with Crippen molar-refractivity contribution in [2.45, 2.75) is 29.6 Å². The second kappa shape index (κ2) is 11.6. The number of halogens is 1. The van der Waals surface area contributed by atoms with Crippen LogP contribution in [0.5, 0.6) is 0 Å². The van der Waals surface area contributed by atoms with Crippen molar-refractivity contribution in [2.24, 2.45) is 0 Å². The maximum absolute atomic E-state index is 12.0. The summed E-state index contributed by atoms with van der Waals surface area (Å²) in [5, 5.41) is 9.73. The van der Waals surface area contributed by atoms with Crippen LogP contribution in [-0.2, 0) is 14.3 Å². The predicted molar refractivity (Wildman–Crippen MR) is 144 cm³/mol. The Bertz CT molecular complexity index is 1170. The topological polar surface area (TPSA) is 83.0 Å². The summed E-state index contributed by atoms with van der Waals surface area (Å²) in [5.41, 5.74) is 4.87. The van der Waals surface area contributed by atoms with Crippen LogP contribution in [0.25, 0.3) is 18.2 Å². The van der Waals surface area contributed by atoms with Crippen molar-refractivity contribution in [3.05, 3.63) is 69.5 Å². The number of pyridine rings is 1. The van der Waals surface area contributed by atoms with Crippen molar-refractivity contribution in [3.8, 4) is 0 Å². The summed E-state index contributed by atoms with van der Waals surface area (Å²) in [5.74, 6) is 0.455. The highest BCUT2D eigenvalue weighted by Gasteiger charge is 2.46. The van der Waals surface area contributed by atoms with Crippen molar-refractivity contribution in [1.82, 2.24) is 9.88 Å². The maximum Gasteiger partial charge on any atom is 0.304 e. The summed E-state index contributed by atoms with van der Waals surface area (Å²) in [6.45, 7) is 0. The molecule has 1 aromatic heterocycles. The van der Waals surface area contributed by atoms with Gasteiger partial charge in [0, 0.05) is 37.6 Å². The molecule has 184 valence electrons. The first-order valence-electron chi connectivity index (χ1n) is 11.3. The van der Waals surface area contributed by atoms with Gasteiger partial charge >= 0.3 is 5.97 Å². The number of hydrogen-bond acceptors (Lipinski definition) is 6. The van der Waals surface area contributed by atoms with Crippen LogP contribution in [0.15, 0.2) is 41.4 Å². The number of nitrogens with zero attached hydrogens (tertiary/aromatic N) is 2. The Morgan fingerprint density at radius 3 is 2.66 bits per heavy atom. The number of carboxylic acid groups (broad SMARTS) is 1. The van der Waals surface area contributed by atoms with E-state index in [1.165, 1.54) is 0 Å². The van der Waals surface area contributed by atoms with Crippen LogP contribution in [-0.4, -0.2) is 58.6 Å². The summed E-state index contributed by atoms with van der Waals surface area (Å²) >= 11 is 9.52. The number of benzene rings is 1.